The minimum atomic E-state index is -6.09. The van der Waals surface area contributed by atoms with Gasteiger partial charge in [-0.3, -0.25) is 9.54 Å². The summed E-state index contributed by atoms with van der Waals surface area (Å²) in [6, 6.07) is 5.72. The van der Waals surface area contributed by atoms with Crippen molar-refractivity contribution in [3.63, 3.8) is 0 Å². The van der Waals surface area contributed by atoms with Crippen LogP contribution in [0.25, 0.3) is 0 Å². The highest BCUT2D eigenvalue weighted by molar-refractivity contribution is 7.87. The maximum absolute atomic E-state index is 12.8. The molecule has 0 saturated carbocycles. The van der Waals surface area contributed by atoms with Crippen molar-refractivity contribution in [1.29, 1.82) is 0 Å². The van der Waals surface area contributed by atoms with E-state index in [1.165, 1.54) is 0 Å². The van der Waals surface area contributed by atoms with Gasteiger partial charge in [0.25, 0.3) is 0 Å². The zero-order valence-electron chi connectivity index (χ0n) is 12.1. The molecule has 0 fully saturated rings. The molecule has 1 heterocycles. The Morgan fingerprint density at radius 1 is 1.00 bits per heavy atom. The molecule has 1 rings (SSSR count). The lowest BCUT2D eigenvalue weighted by molar-refractivity contribution is -0.164. The minimum Gasteiger partial charge on any atom is -0.281 e. The molecule has 0 aliphatic rings. The van der Waals surface area contributed by atoms with Gasteiger partial charge in [0.1, 0.15) is 0 Å². The molecule has 22 heavy (non-hydrogen) atoms. The monoisotopic (exact) mass is 345 g/mol. The van der Waals surface area contributed by atoms with Gasteiger partial charge in [0, 0.05) is 18.8 Å². The highest BCUT2D eigenvalue weighted by atomic mass is 32.2. The van der Waals surface area contributed by atoms with E-state index in [-0.39, 0.29) is 6.42 Å². The molecule has 0 saturated heterocycles. The summed E-state index contributed by atoms with van der Waals surface area (Å²) in [5.41, 5.74) is 0. The first-order chi connectivity index (χ1) is 10.1. The second-order valence-electron chi connectivity index (χ2n) is 4.53. The summed E-state index contributed by atoms with van der Waals surface area (Å²) in [7, 11) is -6.09. The van der Waals surface area contributed by atoms with Crippen LogP contribution < -0.4 is 0 Å². The molecule has 1 N–H and O–H groups in total. The number of halogens is 4. The lowest BCUT2D eigenvalue weighted by Crippen LogP contribution is -2.46. The largest absolute Gasteiger partial charge is 0.431 e. The van der Waals surface area contributed by atoms with Crippen LogP contribution in [0.15, 0.2) is 30.6 Å². The second-order valence-corrected chi connectivity index (χ2v) is 5.99. The summed E-state index contributed by atoms with van der Waals surface area (Å²) in [5.74, 6) is -4.74. The smallest absolute Gasteiger partial charge is 0.281 e. The highest BCUT2D eigenvalue weighted by Gasteiger charge is 2.64. The second kappa shape index (κ2) is 9.04. The van der Waals surface area contributed by atoms with Crippen molar-refractivity contribution >= 4 is 10.1 Å². The van der Waals surface area contributed by atoms with E-state index in [0.717, 1.165) is 6.42 Å². The van der Waals surface area contributed by atoms with Crippen LogP contribution in [0.4, 0.5) is 17.6 Å². The Morgan fingerprint density at radius 2 is 1.55 bits per heavy atom. The third-order valence-corrected chi connectivity index (χ3v) is 3.61. The number of hydrogen-bond acceptors (Lipinski definition) is 3. The Kier molecular flexibility index (Phi) is 8.54. The van der Waals surface area contributed by atoms with Crippen molar-refractivity contribution in [2.45, 2.75) is 50.2 Å². The van der Waals surface area contributed by atoms with Gasteiger partial charge in [0.15, 0.2) is 0 Å². The van der Waals surface area contributed by atoms with Crippen LogP contribution in [0.1, 0.15) is 39.0 Å². The fraction of sp³-hybridized carbons (Fsp3) is 0.615. The minimum absolute atomic E-state index is 0.216. The van der Waals surface area contributed by atoms with Crippen LogP contribution in [0, 0.1) is 0 Å². The summed E-state index contributed by atoms with van der Waals surface area (Å²) < 4.78 is 79.2. The first-order valence-electron chi connectivity index (χ1n) is 6.64. The van der Waals surface area contributed by atoms with Gasteiger partial charge >= 0.3 is 21.3 Å². The first kappa shape index (κ1) is 20.8. The van der Waals surface area contributed by atoms with Gasteiger partial charge in [0.05, 0.1) is 0 Å². The lowest BCUT2D eigenvalue weighted by Gasteiger charge is -2.23. The average molecular weight is 345 g/mol. The van der Waals surface area contributed by atoms with Crippen LogP contribution >= 0.6 is 0 Å². The van der Waals surface area contributed by atoms with Gasteiger partial charge < -0.3 is 0 Å². The molecule has 0 radical (unpaired) electrons. The molecule has 0 bridgehead atoms. The Labute approximate surface area is 127 Å². The van der Waals surface area contributed by atoms with Gasteiger partial charge in [0.2, 0.25) is 0 Å². The van der Waals surface area contributed by atoms with Crippen LogP contribution in [0.3, 0.4) is 0 Å². The van der Waals surface area contributed by atoms with E-state index in [1.807, 2.05) is 25.1 Å². The molecule has 128 valence electrons. The molecule has 4 nitrogen and oxygen atoms in total. The zero-order chi connectivity index (χ0) is 17.3. The number of rotatable bonds is 7. The number of unbranched alkanes of at least 4 members (excludes halogenated alkanes) is 3. The summed E-state index contributed by atoms with van der Waals surface area (Å²) in [5, 5.41) is -5.42. The topological polar surface area (TPSA) is 67.3 Å². The van der Waals surface area contributed by atoms with Crippen molar-refractivity contribution in [2.75, 3.05) is 0 Å². The predicted octanol–water partition coefficient (Wildman–Crippen LogP) is 4.15. The van der Waals surface area contributed by atoms with Gasteiger partial charge in [-0.15, -0.1) is 0 Å². The summed E-state index contributed by atoms with van der Waals surface area (Å²) in [6.45, 7) is 1.81. The Hall–Kier alpha value is -1.22. The van der Waals surface area contributed by atoms with Crippen molar-refractivity contribution in [2.24, 2.45) is 0 Å². The molecule has 1 aromatic rings. The summed E-state index contributed by atoms with van der Waals surface area (Å²) >= 11 is 0. The molecule has 0 spiro atoms. The maximum Gasteiger partial charge on any atom is 0.431 e. The summed E-state index contributed by atoms with van der Waals surface area (Å²) in [6.07, 6.45) is 3.67. The molecule has 0 aliphatic heterocycles. The van der Waals surface area contributed by atoms with E-state index >= 15 is 0 Å². The molecule has 0 aliphatic carbocycles. The van der Waals surface area contributed by atoms with E-state index < -0.39 is 27.7 Å². The van der Waals surface area contributed by atoms with Crippen LogP contribution in [-0.4, -0.2) is 29.1 Å². The molecule has 0 unspecified atom stereocenters. The predicted molar refractivity (Wildman–Crippen MR) is 74.4 cm³/mol. The lowest BCUT2D eigenvalue weighted by atomic mass is 10.1. The van der Waals surface area contributed by atoms with E-state index in [0.29, 0.717) is 12.8 Å². The standard InChI is InChI=1S/C8H14F4O3S.C5H5N/c1-2-3-4-5-6-7(9,10)8(11,12)16(13,14)15;1-2-4-6-5-3-1/h2-6H2,1H3,(H,13,14,15);1-5H. The van der Waals surface area contributed by atoms with Crippen LogP contribution in [-0.2, 0) is 10.1 Å². The fourth-order valence-electron chi connectivity index (χ4n) is 1.42. The number of pyridine rings is 1. The highest BCUT2D eigenvalue weighted by Crippen LogP contribution is 2.41. The molecule has 0 atom stereocenters. The van der Waals surface area contributed by atoms with E-state index in [4.69, 9.17) is 4.55 Å². The van der Waals surface area contributed by atoms with Gasteiger partial charge in [-0.05, 0) is 18.6 Å². The Morgan fingerprint density at radius 3 is 1.86 bits per heavy atom. The molecular formula is C13H19F4NO3S. The molecule has 9 heteroatoms. The van der Waals surface area contributed by atoms with Crippen molar-refractivity contribution in [3.05, 3.63) is 30.6 Å². The SMILES string of the molecule is CCCCCCC(F)(F)C(F)(F)S(=O)(=O)O.c1ccncc1. The normalized spacial score (nSPS) is 12.5. The van der Waals surface area contributed by atoms with E-state index in [1.54, 1.807) is 12.4 Å². The number of hydrogen-bond donors (Lipinski definition) is 1. The summed E-state index contributed by atoms with van der Waals surface area (Å²) in [4.78, 5) is 3.78. The van der Waals surface area contributed by atoms with Gasteiger partial charge in [-0.25, -0.2) is 0 Å². The number of alkyl halides is 4. The van der Waals surface area contributed by atoms with Crippen molar-refractivity contribution in [3.8, 4) is 0 Å². The molecule has 1 aromatic heterocycles. The van der Waals surface area contributed by atoms with Crippen LogP contribution in [0.2, 0.25) is 0 Å². The first-order valence-corrected chi connectivity index (χ1v) is 8.08. The fourth-order valence-corrected chi connectivity index (χ4v) is 1.90. The van der Waals surface area contributed by atoms with E-state index in [9.17, 15) is 26.0 Å². The van der Waals surface area contributed by atoms with E-state index in [2.05, 4.69) is 4.98 Å². The quantitative estimate of drug-likeness (QED) is 0.458. The van der Waals surface area contributed by atoms with Gasteiger partial charge in [-0.1, -0.05) is 32.3 Å². The molecule has 0 aromatic carbocycles. The molecule has 0 amide bonds. The van der Waals surface area contributed by atoms with Crippen molar-refractivity contribution in [1.82, 2.24) is 4.98 Å². The van der Waals surface area contributed by atoms with Crippen LogP contribution in [0.5, 0.6) is 0 Å². The number of aromatic nitrogens is 1. The molecular weight excluding hydrogens is 326 g/mol. The van der Waals surface area contributed by atoms with Crippen molar-refractivity contribution < 1.29 is 30.5 Å². The van der Waals surface area contributed by atoms with Gasteiger partial charge in [-0.2, -0.15) is 26.0 Å². The number of nitrogens with zero attached hydrogens (tertiary/aromatic N) is 1. The Bertz CT molecular complexity index is 483. The Balaban J connectivity index is 0.000000604. The third-order valence-electron chi connectivity index (χ3n) is 2.66. The maximum atomic E-state index is 12.8. The average Bonchev–Trinajstić information content (AvgIpc) is 2.45. The zero-order valence-corrected chi connectivity index (χ0v) is 12.9. The third kappa shape index (κ3) is 6.69.